The Morgan fingerprint density at radius 1 is 1.20 bits per heavy atom. The van der Waals surface area contributed by atoms with E-state index in [1.165, 1.54) is 0 Å². The molecular weight excluding hydrogens is 301 g/mol. The Balaban J connectivity index is 2.19. The lowest BCUT2D eigenvalue weighted by atomic mass is 10.3. The highest BCUT2D eigenvalue weighted by Crippen LogP contribution is 2.26. The van der Waals surface area contributed by atoms with Gasteiger partial charge in [0.25, 0.3) is 0 Å². The predicted octanol–water partition coefficient (Wildman–Crippen LogP) is 3.29. The fourth-order valence-corrected chi connectivity index (χ4v) is 1.69. The highest BCUT2D eigenvalue weighted by molar-refractivity contribution is 6.42. The van der Waals surface area contributed by atoms with E-state index >= 15 is 0 Å². The lowest BCUT2D eigenvalue weighted by Crippen LogP contribution is -2.07. The molecule has 2 aromatic rings. The Morgan fingerprint density at radius 3 is 2.70 bits per heavy atom. The maximum Gasteiger partial charge on any atom is 0.323 e. The summed E-state index contributed by atoms with van der Waals surface area (Å²) in [5.74, 6) is 0.357. The van der Waals surface area contributed by atoms with Gasteiger partial charge in [0.05, 0.1) is 16.7 Å². The van der Waals surface area contributed by atoms with Gasteiger partial charge in [0, 0.05) is 5.69 Å². The number of rotatable bonds is 5. The number of halogens is 2. The van der Waals surface area contributed by atoms with E-state index in [4.69, 9.17) is 33.7 Å². The van der Waals surface area contributed by atoms with Crippen molar-refractivity contribution in [2.24, 2.45) is 0 Å². The number of hydrogen-bond donors (Lipinski definition) is 2. The largest absolute Gasteiger partial charge is 0.463 e. The zero-order valence-corrected chi connectivity index (χ0v) is 12.2. The second-order valence-corrected chi connectivity index (χ2v) is 4.72. The van der Waals surface area contributed by atoms with E-state index in [1.54, 1.807) is 18.2 Å². The maximum atomic E-state index is 5.94. The van der Waals surface area contributed by atoms with Gasteiger partial charge in [0.15, 0.2) is 0 Å². The quantitative estimate of drug-likeness (QED) is 0.880. The minimum absolute atomic E-state index is 0.0775. The predicted molar refractivity (Wildman–Crippen MR) is 79.8 cm³/mol. The molecule has 1 heterocycles. The van der Waals surface area contributed by atoms with Crippen LogP contribution in [0.1, 0.15) is 13.3 Å². The molecule has 0 aliphatic heterocycles. The highest BCUT2D eigenvalue weighted by atomic mass is 35.5. The topological polar surface area (TPSA) is 86.0 Å². The fraction of sp³-hybridized carbons (Fsp3) is 0.250. The summed E-state index contributed by atoms with van der Waals surface area (Å²) in [6.45, 7) is 2.50. The summed E-state index contributed by atoms with van der Waals surface area (Å²) in [4.78, 5) is 12.0. The number of nitrogens with one attached hydrogen (secondary N) is 1. The molecule has 0 saturated heterocycles. The first kappa shape index (κ1) is 14.6. The van der Waals surface area contributed by atoms with Crippen molar-refractivity contribution in [3.8, 4) is 6.01 Å². The summed E-state index contributed by atoms with van der Waals surface area (Å²) in [6.07, 6.45) is 0.848. The first-order valence-electron chi connectivity index (χ1n) is 5.95. The number of hydrogen-bond acceptors (Lipinski definition) is 6. The number of benzene rings is 1. The van der Waals surface area contributed by atoms with E-state index < -0.39 is 0 Å². The minimum Gasteiger partial charge on any atom is -0.463 e. The Labute approximate surface area is 126 Å². The molecule has 0 aliphatic rings. The van der Waals surface area contributed by atoms with Crippen molar-refractivity contribution in [3.63, 3.8) is 0 Å². The second-order valence-electron chi connectivity index (χ2n) is 3.90. The average Bonchev–Trinajstić information content (AvgIpc) is 2.40. The molecule has 1 aromatic heterocycles. The molecule has 2 rings (SSSR count). The Bertz CT molecular complexity index is 608. The molecule has 20 heavy (non-hydrogen) atoms. The van der Waals surface area contributed by atoms with Gasteiger partial charge in [-0.15, -0.1) is 0 Å². The zero-order valence-electron chi connectivity index (χ0n) is 10.7. The van der Waals surface area contributed by atoms with Gasteiger partial charge in [0.2, 0.25) is 11.9 Å². The van der Waals surface area contributed by atoms with Crippen molar-refractivity contribution in [2.75, 3.05) is 17.7 Å². The fourth-order valence-electron chi connectivity index (χ4n) is 1.39. The maximum absolute atomic E-state index is 5.94. The van der Waals surface area contributed by atoms with Crippen LogP contribution in [0, 0.1) is 0 Å². The number of ether oxygens (including phenoxy) is 1. The van der Waals surface area contributed by atoms with Crippen molar-refractivity contribution in [1.82, 2.24) is 15.0 Å². The molecule has 0 amide bonds. The van der Waals surface area contributed by atoms with Crippen molar-refractivity contribution in [2.45, 2.75) is 13.3 Å². The molecule has 0 unspecified atom stereocenters. The normalized spacial score (nSPS) is 10.3. The molecule has 0 bridgehead atoms. The summed E-state index contributed by atoms with van der Waals surface area (Å²) >= 11 is 11.8. The van der Waals surface area contributed by atoms with Crippen LogP contribution in [0.15, 0.2) is 18.2 Å². The second kappa shape index (κ2) is 6.58. The van der Waals surface area contributed by atoms with Gasteiger partial charge in [-0.2, -0.15) is 15.0 Å². The van der Waals surface area contributed by atoms with E-state index in [2.05, 4.69) is 20.3 Å². The van der Waals surface area contributed by atoms with Crippen LogP contribution >= 0.6 is 23.2 Å². The molecule has 0 atom stereocenters. The van der Waals surface area contributed by atoms with Crippen molar-refractivity contribution in [1.29, 1.82) is 0 Å². The Hall–Kier alpha value is -1.79. The molecular formula is C12H13Cl2N5O. The van der Waals surface area contributed by atoms with Crippen molar-refractivity contribution in [3.05, 3.63) is 28.2 Å². The molecule has 106 valence electrons. The minimum atomic E-state index is 0.0775. The number of nitrogens with two attached hydrogens (primary N) is 1. The molecule has 0 fully saturated rings. The number of nitrogens with zero attached hydrogens (tertiary/aromatic N) is 3. The molecule has 0 radical (unpaired) electrons. The molecule has 6 nitrogen and oxygen atoms in total. The molecule has 3 N–H and O–H groups in total. The number of nitrogen functional groups attached to an aromatic ring is 1. The third-order valence-corrected chi connectivity index (χ3v) is 2.98. The standard InChI is InChI=1S/C12H13Cl2N5O/c1-2-5-20-12-18-10(15)17-11(19-12)16-7-3-4-8(13)9(14)6-7/h3-4,6H,2,5H2,1H3,(H3,15,16,17,18,19). The Kier molecular flexibility index (Phi) is 4.81. The van der Waals surface area contributed by atoms with Gasteiger partial charge in [-0.25, -0.2) is 0 Å². The van der Waals surface area contributed by atoms with Crippen molar-refractivity contribution >= 4 is 40.8 Å². The van der Waals surface area contributed by atoms with Crippen LogP contribution in [0.2, 0.25) is 10.0 Å². The molecule has 8 heteroatoms. The smallest absolute Gasteiger partial charge is 0.323 e. The number of aromatic nitrogens is 3. The van der Waals surface area contributed by atoms with Crippen LogP contribution in [-0.4, -0.2) is 21.6 Å². The third-order valence-electron chi connectivity index (χ3n) is 2.24. The van der Waals surface area contributed by atoms with E-state index in [-0.39, 0.29) is 17.9 Å². The van der Waals surface area contributed by atoms with E-state index in [1.807, 2.05) is 6.92 Å². The molecule has 0 spiro atoms. The van der Waals surface area contributed by atoms with Crippen LogP contribution in [0.5, 0.6) is 6.01 Å². The summed E-state index contributed by atoms with van der Waals surface area (Å²) in [5.41, 5.74) is 6.30. The summed E-state index contributed by atoms with van der Waals surface area (Å²) in [5, 5.41) is 3.87. The van der Waals surface area contributed by atoms with Crippen LogP contribution in [-0.2, 0) is 0 Å². The summed E-state index contributed by atoms with van der Waals surface area (Å²) in [7, 11) is 0. The van der Waals surface area contributed by atoms with Crippen LogP contribution < -0.4 is 15.8 Å². The first-order chi connectivity index (χ1) is 9.58. The molecule has 1 aromatic carbocycles. The van der Waals surface area contributed by atoms with E-state index in [0.29, 0.717) is 22.3 Å². The Morgan fingerprint density at radius 2 is 2.00 bits per heavy atom. The van der Waals surface area contributed by atoms with Gasteiger partial charge in [-0.1, -0.05) is 30.1 Å². The monoisotopic (exact) mass is 313 g/mol. The van der Waals surface area contributed by atoms with Crippen LogP contribution in [0.25, 0.3) is 0 Å². The third kappa shape index (κ3) is 3.85. The van der Waals surface area contributed by atoms with E-state index in [0.717, 1.165) is 6.42 Å². The lowest BCUT2D eigenvalue weighted by molar-refractivity contribution is 0.292. The SMILES string of the molecule is CCCOc1nc(N)nc(Nc2ccc(Cl)c(Cl)c2)n1. The summed E-state index contributed by atoms with van der Waals surface area (Å²) < 4.78 is 5.33. The first-order valence-corrected chi connectivity index (χ1v) is 6.70. The summed E-state index contributed by atoms with van der Waals surface area (Å²) in [6, 6.07) is 5.27. The van der Waals surface area contributed by atoms with Gasteiger partial charge in [-0.05, 0) is 24.6 Å². The van der Waals surface area contributed by atoms with Crippen LogP contribution in [0.3, 0.4) is 0 Å². The average molecular weight is 314 g/mol. The molecule has 0 aliphatic carbocycles. The molecule has 0 saturated carbocycles. The van der Waals surface area contributed by atoms with E-state index in [9.17, 15) is 0 Å². The van der Waals surface area contributed by atoms with Gasteiger partial charge in [0.1, 0.15) is 0 Å². The van der Waals surface area contributed by atoms with Gasteiger partial charge >= 0.3 is 6.01 Å². The lowest BCUT2D eigenvalue weighted by Gasteiger charge is -2.08. The number of anilines is 3. The highest BCUT2D eigenvalue weighted by Gasteiger charge is 2.07. The van der Waals surface area contributed by atoms with Crippen molar-refractivity contribution < 1.29 is 4.74 Å². The van der Waals surface area contributed by atoms with Crippen LogP contribution in [0.4, 0.5) is 17.6 Å². The van der Waals surface area contributed by atoms with Gasteiger partial charge in [-0.3, -0.25) is 0 Å². The zero-order chi connectivity index (χ0) is 14.5. The van der Waals surface area contributed by atoms with Gasteiger partial charge < -0.3 is 15.8 Å².